The van der Waals surface area contributed by atoms with Gasteiger partial charge in [0.2, 0.25) is 17.7 Å². The Bertz CT molecular complexity index is 1150. The third-order valence-corrected chi connectivity index (χ3v) is 8.10. The molecule has 0 aromatic heterocycles. The van der Waals surface area contributed by atoms with Crippen LogP contribution in [-0.2, 0) is 39.9 Å². The zero-order valence-corrected chi connectivity index (χ0v) is 24.7. The first-order valence-electron chi connectivity index (χ1n) is 14.6. The van der Waals surface area contributed by atoms with Crippen molar-refractivity contribution >= 4 is 29.3 Å². The molecular formula is C30H42N4O8. The van der Waals surface area contributed by atoms with Crippen molar-refractivity contribution in [3.8, 4) is 5.75 Å². The minimum Gasteiger partial charge on any atom is -0.497 e. The second kappa shape index (κ2) is 14.2. The first kappa shape index (κ1) is 31.6. The summed E-state index contributed by atoms with van der Waals surface area (Å²) in [5, 5.41) is 5.60. The van der Waals surface area contributed by atoms with E-state index in [1.54, 1.807) is 38.0 Å². The van der Waals surface area contributed by atoms with Gasteiger partial charge in [0.1, 0.15) is 17.4 Å². The maximum Gasteiger partial charge on any atom is 0.234 e. The highest BCUT2D eigenvalue weighted by molar-refractivity contribution is 5.98. The second-order valence-electron chi connectivity index (χ2n) is 11.5. The molecule has 0 saturated carbocycles. The number of morpholine rings is 1. The van der Waals surface area contributed by atoms with Crippen molar-refractivity contribution < 1.29 is 38.2 Å². The zero-order valence-electron chi connectivity index (χ0n) is 24.7. The van der Waals surface area contributed by atoms with Crippen molar-refractivity contribution in [3.05, 3.63) is 29.8 Å². The van der Waals surface area contributed by atoms with Crippen LogP contribution in [0.4, 0.5) is 0 Å². The maximum absolute atomic E-state index is 13.7. The van der Waals surface area contributed by atoms with Gasteiger partial charge in [-0.3, -0.25) is 28.9 Å². The number of hydrogen-bond donors (Lipinski definition) is 2. The molecule has 0 unspecified atom stereocenters. The van der Waals surface area contributed by atoms with Gasteiger partial charge in [0.25, 0.3) is 0 Å². The van der Waals surface area contributed by atoms with Gasteiger partial charge in [-0.15, -0.1) is 0 Å². The summed E-state index contributed by atoms with van der Waals surface area (Å²) in [6, 6.07) is 5.42. The van der Waals surface area contributed by atoms with Crippen molar-refractivity contribution in [1.82, 2.24) is 20.4 Å². The lowest BCUT2D eigenvalue weighted by Crippen LogP contribution is -2.54. The highest BCUT2D eigenvalue weighted by atomic mass is 16.6. The van der Waals surface area contributed by atoms with E-state index in [2.05, 4.69) is 10.6 Å². The van der Waals surface area contributed by atoms with Crippen molar-refractivity contribution in [1.29, 1.82) is 0 Å². The lowest BCUT2D eigenvalue weighted by atomic mass is 9.90. The average molecular weight is 587 g/mol. The molecule has 3 fully saturated rings. The molecule has 12 heteroatoms. The zero-order chi connectivity index (χ0) is 30.3. The average Bonchev–Trinajstić information content (AvgIpc) is 3.61. The number of ether oxygens (including phenoxy) is 3. The predicted molar refractivity (Wildman–Crippen MR) is 152 cm³/mol. The first-order valence-corrected chi connectivity index (χ1v) is 14.6. The summed E-state index contributed by atoms with van der Waals surface area (Å²) in [5.74, 6) is -1.56. The number of epoxide rings is 1. The number of hydrogen-bond acceptors (Lipinski definition) is 9. The third kappa shape index (κ3) is 8.59. The van der Waals surface area contributed by atoms with E-state index in [1.165, 1.54) is 0 Å². The van der Waals surface area contributed by atoms with Crippen LogP contribution in [0, 0.1) is 5.92 Å². The summed E-state index contributed by atoms with van der Waals surface area (Å²) in [6.07, 6.45) is 1.19. The molecule has 230 valence electrons. The van der Waals surface area contributed by atoms with Crippen molar-refractivity contribution in [2.75, 3.05) is 59.7 Å². The number of carbonyl (C=O) groups is 5. The molecule has 3 aliphatic heterocycles. The van der Waals surface area contributed by atoms with Gasteiger partial charge in [0.15, 0.2) is 11.6 Å². The molecule has 0 spiro atoms. The Morgan fingerprint density at radius 3 is 2.36 bits per heavy atom. The number of nitrogens with one attached hydrogen (secondary N) is 2. The standard InChI is InChI=1S/C30H42N4O8/c1-20(31-26(36)18-33-11-13-41-14-12-33)25(35)16-22(15-21-6-8-23(40-3)9-7-21)29(39)32-24(28(38)30(2)19-42-30)17-34-10-4-5-27(34)37/h6-9,20,22,24H,4-5,10-19H2,1-3H3,(H,31,36)(H,32,39)/t20-,22+,24-,30+/m0/s1. The Kier molecular flexibility index (Phi) is 10.7. The topological polar surface area (TPSA) is 147 Å². The monoisotopic (exact) mass is 586 g/mol. The predicted octanol–water partition coefficient (Wildman–Crippen LogP) is 0.115. The number of benzene rings is 1. The lowest BCUT2D eigenvalue weighted by molar-refractivity contribution is -0.136. The van der Waals surface area contributed by atoms with Crippen LogP contribution in [0.5, 0.6) is 5.75 Å². The summed E-state index contributed by atoms with van der Waals surface area (Å²) in [5.41, 5.74) is -0.191. The number of ketones is 2. The van der Waals surface area contributed by atoms with E-state index in [0.29, 0.717) is 51.4 Å². The minimum absolute atomic E-state index is 0.0551. The number of Topliss-reactive ketones (excluding diaryl/α,β-unsaturated/α-hetero) is 2. The van der Waals surface area contributed by atoms with E-state index in [4.69, 9.17) is 14.2 Å². The van der Waals surface area contributed by atoms with Gasteiger partial charge in [-0.05, 0) is 44.4 Å². The van der Waals surface area contributed by atoms with E-state index in [0.717, 1.165) is 5.56 Å². The number of rotatable bonds is 15. The summed E-state index contributed by atoms with van der Waals surface area (Å²) >= 11 is 0. The van der Waals surface area contributed by atoms with E-state index in [1.807, 2.05) is 17.0 Å². The SMILES string of the molecule is COc1ccc(C[C@H](CC(=O)[C@H](C)NC(=O)CN2CCOCC2)C(=O)N[C@@H](CN2CCCC2=O)C(=O)[C@@]2(C)CO2)cc1. The fraction of sp³-hybridized carbons (Fsp3) is 0.633. The Hall–Kier alpha value is -3.35. The highest BCUT2D eigenvalue weighted by Gasteiger charge is 2.51. The Morgan fingerprint density at radius 2 is 1.76 bits per heavy atom. The molecule has 2 N–H and O–H groups in total. The lowest BCUT2D eigenvalue weighted by Gasteiger charge is -2.28. The van der Waals surface area contributed by atoms with Crippen LogP contribution in [0.3, 0.4) is 0 Å². The van der Waals surface area contributed by atoms with Crippen LogP contribution in [0.25, 0.3) is 0 Å². The van der Waals surface area contributed by atoms with E-state index in [9.17, 15) is 24.0 Å². The maximum atomic E-state index is 13.7. The Labute approximate surface area is 246 Å². The van der Waals surface area contributed by atoms with Crippen LogP contribution < -0.4 is 15.4 Å². The number of nitrogens with zero attached hydrogens (tertiary/aromatic N) is 2. The molecule has 42 heavy (non-hydrogen) atoms. The largest absolute Gasteiger partial charge is 0.497 e. The fourth-order valence-corrected chi connectivity index (χ4v) is 5.27. The summed E-state index contributed by atoms with van der Waals surface area (Å²) in [7, 11) is 1.56. The molecule has 3 heterocycles. The van der Waals surface area contributed by atoms with Crippen LogP contribution in [0.2, 0.25) is 0 Å². The normalized spacial score (nSPS) is 22.6. The molecule has 12 nitrogen and oxygen atoms in total. The molecule has 4 atom stereocenters. The Morgan fingerprint density at radius 1 is 1.07 bits per heavy atom. The molecule has 1 aromatic carbocycles. The number of likely N-dealkylation sites (tertiary alicyclic amines) is 1. The third-order valence-electron chi connectivity index (χ3n) is 8.10. The number of carbonyl (C=O) groups excluding carboxylic acids is 5. The smallest absolute Gasteiger partial charge is 0.234 e. The molecule has 0 radical (unpaired) electrons. The van der Waals surface area contributed by atoms with Crippen molar-refractivity contribution in [3.63, 3.8) is 0 Å². The molecule has 0 aliphatic carbocycles. The van der Waals surface area contributed by atoms with Gasteiger partial charge in [-0.1, -0.05) is 12.1 Å². The van der Waals surface area contributed by atoms with Gasteiger partial charge >= 0.3 is 0 Å². The number of methoxy groups -OCH3 is 1. The molecule has 3 aliphatic rings. The van der Waals surface area contributed by atoms with Crippen LogP contribution >= 0.6 is 0 Å². The summed E-state index contributed by atoms with van der Waals surface area (Å²) in [6.45, 7) is 6.68. The van der Waals surface area contributed by atoms with Crippen LogP contribution in [0.15, 0.2) is 24.3 Å². The second-order valence-corrected chi connectivity index (χ2v) is 11.5. The van der Waals surface area contributed by atoms with Gasteiger partial charge in [-0.25, -0.2) is 0 Å². The van der Waals surface area contributed by atoms with Gasteiger partial charge in [0, 0.05) is 44.9 Å². The molecule has 3 saturated heterocycles. The van der Waals surface area contributed by atoms with E-state index >= 15 is 0 Å². The van der Waals surface area contributed by atoms with Crippen LogP contribution in [0.1, 0.15) is 38.7 Å². The highest BCUT2D eigenvalue weighted by Crippen LogP contribution is 2.29. The molecular weight excluding hydrogens is 544 g/mol. The van der Waals surface area contributed by atoms with Crippen molar-refractivity contribution in [2.24, 2.45) is 5.92 Å². The first-order chi connectivity index (χ1) is 20.1. The van der Waals surface area contributed by atoms with E-state index < -0.39 is 29.5 Å². The molecule has 1 aromatic rings. The molecule has 3 amide bonds. The van der Waals surface area contributed by atoms with Gasteiger partial charge in [-0.2, -0.15) is 0 Å². The quantitative estimate of drug-likeness (QED) is 0.274. The summed E-state index contributed by atoms with van der Waals surface area (Å²) in [4.78, 5) is 68.8. The molecule has 4 rings (SSSR count). The van der Waals surface area contributed by atoms with E-state index in [-0.39, 0.29) is 55.9 Å². The summed E-state index contributed by atoms with van der Waals surface area (Å²) < 4.78 is 15.9. The van der Waals surface area contributed by atoms with Gasteiger partial charge in [0.05, 0.1) is 39.5 Å². The molecule has 0 bridgehead atoms. The van der Waals surface area contributed by atoms with Gasteiger partial charge < -0.3 is 29.7 Å². The number of amides is 3. The van der Waals surface area contributed by atoms with Crippen molar-refractivity contribution in [2.45, 2.75) is 57.2 Å². The minimum atomic E-state index is -0.999. The Balaban J connectivity index is 1.45. The fourth-order valence-electron chi connectivity index (χ4n) is 5.27. The van der Waals surface area contributed by atoms with Crippen LogP contribution in [-0.4, -0.2) is 116 Å².